The number of aromatic nitrogens is 2. The maximum atomic E-state index is 2.58. The van der Waals surface area contributed by atoms with Crippen LogP contribution in [0.1, 0.15) is 0 Å². The van der Waals surface area contributed by atoms with Crippen molar-refractivity contribution in [1.82, 2.24) is 9.13 Å². The molecule has 11 rings (SSSR count). The lowest BCUT2D eigenvalue weighted by Gasteiger charge is -2.37. The van der Waals surface area contributed by atoms with Gasteiger partial charge >= 0.3 is 0 Å². The third-order valence-corrected chi connectivity index (χ3v) is 16.7. The van der Waals surface area contributed by atoms with E-state index in [1.807, 2.05) is 0 Å². The second-order valence-electron chi connectivity index (χ2n) is 14.8. The summed E-state index contributed by atoms with van der Waals surface area (Å²) in [4.78, 5) is 0. The topological polar surface area (TPSA) is 9.86 Å². The van der Waals surface area contributed by atoms with Gasteiger partial charge in [0.1, 0.15) is 0 Å². The third kappa shape index (κ3) is 5.10. The van der Waals surface area contributed by atoms with Crippen LogP contribution in [0, 0.1) is 0 Å². The summed E-state index contributed by atoms with van der Waals surface area (Å²) >= 11 is 0. The van der Waals surface area contributed by atoms with E-state index in [0.29, 0.717) is 0 Å². The number of nitrogens with zero attached hydrogens (tertiary/aromatic N) is 2. The van der Waals surface area contributed by atoms with E-state index in [9.17, 15) is 0 Å². The van der Waals surface area contributed by atoms with Crippen molar-refractivity contribution in [2.45, 2.75) is 0 Å². The Morgan fingerprint density at radius 2 is 0.737 bits per heavy atom. The first kappa shape index (κ1) is 33.2. The van der Waals surface area contributed by atoms with Crippen molar-refractivity contribution < 1.29 is 0 Å². The number of hydrogen-bond acceptors (Lipinski definition) is 0. The largest absolute Gasteiger partial charge is 0.309 e. The van der Waals surface area contributed by atoms with Crippen LogP contribution >= 0.6 is 0 Å². The van der Waals surface area contributed by atoms with E-state index in [1.54, 1.807) is 0 Å². The molecule has 0 radical (unpaired) electrons. The number of hydrogen-bond donors (Lipinski definition) is 0. The van der Waals surface area contributed by atoms with Crippen molar-refractivity contribution in [3.8, 4) is 22.5 Å². The van der Waals surface area contributed by atoms with Crippen LogP contribution in [0.25, 0.3) is 66.1 Å². The average molecular weight is 743 g/mol. The SMILES string of the molecule is c1ccc(-c2ccc3c4ccccc4n(-c4ccc5c6ccccc6n(-c6ccccc6)c5c4)c3c2[Si](c2ccccc2)(c2ccccc2)c2ccccc2)cc1. The van der Waals surface area contributed by atoms with Crippen LogP contribution in [0.2, 0.25) is 0 Å². The third-order valence-electron chi connectivity index (χ3n) is 11.8. The van der Waals surface area contributed by atoms with Gasteiger partial charge in [-0.3, -0.25) is 0 Å². The summed E-state index contributed by atoms with van der Waals surface area (Å²) in [5.74, 6) is 0. The Balaban J connectivity index is 1.37. The van der Waals surface area contributed by atoms with Crippen molar-refractivity contribution in [2.75, 3.05) is 0 Å². The summed E-state index contributed by atoms with van der Waals surface area (Å²) in [5, 5.41) is 10.4. The van der Waals surface area contributed by atoms with Gasteiger partial charge in [-0.05, 0) is 68.3 Å². The van der Waals surface area contributed by atoms with Gasteiger partial charge in [0.05, 0.1) is 22.1 Å². The predicted molar refractivity (Wildman–Crippen MR) is 244 cm³/mol. The molecule has 268 valence electrons. The van der Waals surface area contributed by atoms with Crippen LogP contribution in [-0.4, -0.2) is 17.2 Å². The minimum absolute atomic E-state index is 1.14. The van der Waals surface area contributed by atoms with Gasteiger partial charge in [0.25, 0.3) is 0 Å². The highest BCUT2D eigenvalue weighted by atomic mass is 28.3. The standard InChI is InChI=1S/C54H38N2Si/c1-6-20-39(21-7-1)45-36-37-49-47-31-17-19-33-51(47)56(41-34-35-48-46-30-16-18-32-50(46)55(52(48)38-41)40-22-8-2-9-23-40)53(49)54(45)57(42-24-10-3-11-25-42,43-26-12-4-13-27-43)44-28-14-5-15-29-44/h1-38H. The fourth-order valence-corrected chi connectivity index (χ4v) is 14.7. The maximum Gasteiger partial charge on any atom is 0.182 e. The molecule has 0 saturated carbocycles. The van der Waals surface area contributed by atoms with Crippen molar-refractivity contribution in [3.63, 3.8) is 0 Å². The summed E-state index contributed by atoms with van der Waals surface area (Å²) in [5.41, 5.74) is 9.59. The molecule has 0 aliphatic carbocycles. The Morgan fingerprint density at radius 1 is 0.298 bits per heavy atom. The smallest absolute Gasteiger partial charge is 0.182 e. The zero-order valence-electron chi connectivity index (χ0n) is 31.3. The number of rotatable bonds is 7. The van der Waals surface area contributed by atoms with Crippen LogP contribution in [0.5, 0.6) is 0 Å². The zero-order chi connectivity index (χ0) is 37.8. The normalized spacial score (nSPS) is 11.9. The van der Waals surface area contributed by atoms with Gasteiger partial charge in [0, 0.05) is 32.9 Å². The molecule has 0 atom stereocenters. The number of fused-ring (bicyclic) bond motifs is 6. The van der Waals surface area contributed by atoms with Crippen LogP contribution in [-0.2, 0) is 0 Å². The Kier molecular flexibility index (Phi) is 7.87. The van der Waals surface area contributed by atoms with E-state index in [1.165, 1.54) is 75.5 Å². The van der Waals surface area contributed by atoms with Crippen LogP contribution in [0.15, 0.2) is 231 Å². The fraction of sp³-hybridized carbons (Fsp3) is 0. The molecule has 57 heavy (non-hydrogen) atoms. The van der Waals surface area contributed by atoms with E-state index in [2.05, 4.69) is 240 Å². The van der Waals surface area contributed by atoms with E-state index in [0.717, 1.165) is 11.4 Å². The van der Waals surface area contributed by atoms with Crippen LogP contribution in [0.3, 0.4) is 0 Å². The zero-order valence-corrected chi connectivity index (χ0v) is 32.3. The summed E-state index contributed by atoms with van der Waals surface area (Å²) in [6.45, 7) is 0. The van der Waals surface area contributed by atoms with E-state index in [-0.39, 0.29) is 0 Å². The highest BCUT2D eigenvalue weighted by molar-refractivity contribution is 7.21. The molecule has 0 spiro atoms. The summed E-state index contributed by atoms with van der Waals surface area (Å²) in [6, 6.07) is 85.4. The van der Waals surface area contributed by atoms with Crippen molar-refractivity contribution in [1.29, 1.82) is 0 Å². The number of benzene rings is 9. The molecule has 0 saturated heterocycles. The minimum atomic E-state index is -3.09. The molecule has 9 aromatic carbocycles. The lowest BCUT2D eigenvalue weighted by molar-refractivity contribution is 1.16. The van der Waals surface area contributed by atoms with E-state index < -0.39 is 8.07 Å². The van der Waals surface area contributed by atoms with Crippen molar-refractivity contribution in [3.05, 3.63) is 231 Å². The second kappa shape index (κ2) is 13.5. The van der Waals surface area contributed by atoms with E-state index in [4.69, 9.17) is 0 Å². The molecular formula is C54H38N2Si. The lowest BCUT2D eigenvalue weighted by Crippen LogP contribution is -2.75. The summed E-state index contributed by atoms with van der Waals surface area (Å²) < 4.78 is 5.00. The quantitative estimate of drug-likeness (QED) is 0.114. The van der Waals surface area contributed by atoms with Gasteiger partial charge in [-0.15, -0.1) is 0 Å². The van der Waals surface area contributed by atoms with Gasteiger partial charge in [0.2, 0.25) is 0 Å². The molecule has 0 bridgehead atoms. The molecule has 0 N–H and O–H groups in total. The molecule has 0 amide bonds. The molecule has 11 aromatic rings. The van der Waals surface area contributed by atoms with Gasteiger partial charge in [-0.25, -0.2) is 0 Å². The summed E-state index contributed by atoms with van der Waals surface area (Å²) in [7, 11) is -3.09. The Labute approximate surface area is 333 Å². The Morgan fingerprint density at radius 3 is 1.32 bits per heavy atom. The second-order valence-corrected chi connectivity index (χ2v) is 18.6. The van der Waals surface area contributed by atoms with Crippen molar-refractivity contribution in [2.24, 2.45) is 0 Å². The molecule has 2 aromatic heterocycles. The maximum absolute atomic E-state index is 3.09. The molecule has 2 nitrogen and oxygen atoms in total. The van der Waals surface area contributed by atoms with Crippen molar-refractivity contribution >= 4 is 72.4 Å². The van der Waals surface area contributed by atoms with Crippen LogP contribution < -0.4 is 20.7 Å². The minimum Gasteiger partial charge on any atom is -0.309 e. The van der Waals surface area contributed by atoms with Crippen LogP contribution in [0.4, 0.5) is 0 Å². The molecular weight excluding hydrogens is 705 g/mol. The predicted octanol–water partition coefficient (Wildman–Crippen LogP) is 10.9. The molecule has 3 heteroatoms. The molecule has 2 heterocycles. The first-order valence-electron chi connectivity index (χ1n) is 19.7. The van der Waals surface area contributed by atoms with Gasteiger partial charge in [-0.2, -0.15) is 0 Å². The first-order chi connectivity index (χ1) is 28.3. The lowest BCUT2D eigenvalue weighted by atomic mass is 10.0. The molecule has 0 fully saturated rings. The van der Waals surface area contributed by atoms with Gasteiger partial charge in [-0.1, -0.05) is 194 Å². The fourth-order valence-electron chi connectivity index (χ4n) is 9.51. The highest BCUT2D eigenvalue weighted by Crippen LogP contribution is 2.38. The molecule has 0 aliphatic heterocycles. The molecule has 0 aliphatic rings. The average Bonchev–Trinajstić information content (AvgIpc) is 3.81. The summed E-state index contributed by atoms with van der Waals surface area (Å²) in [6.07, 6.45) is 0. The Hall–Kier alpha value is -7.20. The van der Waals surface area contributed by atoms with Gasteiger partial charge in [0.15, 0.2) is 8.07 Å². The highest BCUT2D eigenvalue weighted by Gasteiger charge is 2.45. The van der Waals surface area contributed by atoms with Gasteiger partial charge < -0.3 is 9.13 Å². The monoisotopic (exact) mass is 742 g/mol. The Bertz CT molecular complexity index is 3110. The first-order valence-corrected chi connectivity index (χ1v) is 21.7. The van der Waals surface area contributed by atoms with E-state index >= 15 is 0 Å². The number of para-hydroxylation sites is 3. The molecule has 0 unspecified atom stereocenters.